The molecule has 2 fully saturated rings. The van der Waals surface area contributed by atoms with Crippen LogP contribution in [0, 0.1) is 29.1 Å². The molecule has 0 radical (unpaired) electrons. The summed E-state index contributed by atoms with van der Waals surface area (Å²) >= 11 is 0. The minimum atomic E-state index is 0.419. The summed E-state index contributed by atoms with van der Waals surface area (Å²) in [6, 6.07) is 6.25. The second-order valence-corrected chi connectivity index (χ2v) is 5.78. The number of hydrogen-bond donors (Lipinski definition) is 1. The smallest absolute Gasteiger partial charge is 0.144 e. The minimum absolute atomic E-state index is 0.419. The van der Waals surface area contributed by atoms with E-state index in [9.17, 15) is 0 Å². The van der Waals surface area contributed by atoms with Crippen molar-refractivity contribution in [1.82, 2.24) is 4.98 Å². The zero-order valence-electron chi connectivity index (χ0n) is 10.8. The predicted octanol–water partition coefficient (Wildman–Crippen LogP) is 3.19. The Morgan fingerprint density at radius 1 is 1.44 bits per heavy atom. The molecule has 0 aromatic carbocycles. The maximum atomic E-state index is 9.07. The molecule has 1 N–H and O–H groups in total. The molecule has 2 bridgehead atoms. The van der Waals surface area contributed by atoms with E-state index < -0.39 is 0 Å². The molecule has 4 atom stereocenters. The molecule has 1 aromatic heterocycles. The first-order valence-electron chi connectivity index (χ1n) is 6.89. The second kappa shape index (κ2) is 4.61. The summed E-state index contributed by atoms with van der Waals surface area (Å²) in [7, 11) is 0. The van der Waals surface area contributed by atoms with Gasteiger partial charge in [0.05, 0.1) is 5.56 Å². The van der Waals surface area contributed by atoms with E-state index in [4.69, 9.17) is 5.26 Å². The molecule has 3 rings (SSSR count). The zero-order chi connectivity index (χ0) is 12.5. The Hall–Kier alpha value is -1.56. The number of aromatic nitrogens is 1. The fraction of sp³-hybridized carbons (Fsp3) is 0.600. The van der Waals surface area contributed by atoms with E-state index >= 15 is 0 Å². The molecule has 0 saturated heterocycles. The number of nitrogens with zero attached hydrogens (tertiary/aromatic N) is 2. The van der Waals surface area contributed by atoms with Crippen molar-refractivity contribution >= 4 is 5.82 Å². The van der Waals surface area contributed by atoms with Gasteiger partial charge in [-0.2, -0.15) is 5.26 Å². The van der Waals surface area contributed by atoms with Gasteiger partial charge in [-0.3, -0.25) is 0 Å². The van der Waals surface area contributed by atoms with Crippen LogP contribution in [-0.4, -0.2) is 11.0 Å². The van der Waals surface area contributed by atoms with E-state index in [-0.39, 0.29) is 0 Å². The maximum absolute atomic E-state index is 9.07. The Bertz CT molecular complexity index is 477. The van der Waals surface area contributed by atoms with Crippen molar-refractivity contribution in [1.29, 1.82) is 5.26 Å². The van der Waals surface area contributed by atoms with Crippen molar-refractivity contribution < 1.29 is 0 Å². The van der Waals surface area contributed by atoms with E-state index in [1.807, 2.05) is 12.1 Å². The van der Waals surface area contributed by atoms with Crippen molar-refractivity contribution in [2.45, 2.75) is 38.6 Å². The highest BCUT2D eigenvalue weighted by molar-refractivity contribution is 5.51. The van der Waals surface area contributed by atoms with Crippen LogP contribution in [0.15, 0.2) is 18.3 Å². The van der Waals surface area contributed by atoms with Gasteiger partial charge < -0.3 is 5.32 Å². The third-order valence-electron chi connectivity index (χ3n) is 4.73. The maximum Gasteiger partial charge on any atom is 0.144 e. The van der Waals surface area contributed by atoms with Crippen molar-refractivity contribution in [2.75, 3.05) is 5.32 Å². The first-order valence-corrected chi connectivity index (χ1v) is 6.89. The summed E-state index contributed by atoms with van der Waals surface area (Å²) in [6.45, 7) is 2.24. The predicted molar refractivity (Wildman–Crippen MR) is 71.0 cm³/mol. The van der Waals surface area contributed by atoms with E-state index in [0.29, 0.717) is 11.6 Å². The first kappa shape index (κ1) is 11.5. The molecule has 3 nitrogen and oxygen atoms in total. The van der Waals surface area contributed by atoms with Crippen LogP contribution in [0.25, 0.3) is 0 Å². The van der Waals surface area contributed by atoms with Crippen molar-refractivity contribution in [3.05, 3.63) is 23.9 Å². The van der Waals surface area contributed by atoms with Gasteiger partial charge in [0.1, 0.15) is 11.9 Å². The lowest BCUT2D eigenvalue weighted by Gasteiger charge is -2.29. The van der Waals surface area contributed by atoms with Gasteiger partial charge in [0.2, 0.25) is 0 Å². The summed E-state index contributed by atoms with van der Waals surface area (Å²) in [6.07, 6.45) is 7.35. The summed E-state index contributed by atoms with van der Waals surface area (Å²) < 4.78 is 0. The number of rotatable bonds is 3. The van der Waals surface area contributed by atoms with Gasteiger partial charge in [-0.05, 0) is 56.1 Å². The Balaban J connectivity index is 1.71. The number of hydrogen-bond acceptors (Lipinski definition) is 3. The van der Waals surface area contributed by atoms with Crippen LogP contribution in [0.1, 0.15) is 38.2 Å². The van der Waals surface area contributed by atoms with Gasteiger partial charge >= 0.3 is 0 Å². The van der Waals surface area contributed by atoms with Gasteiger partial charge in [-0.1, -0.05) is 6.42 Å². The lowest BCUT2D eigenvalue weighted by Crippen LogP contribution is -2.30. The third kappa shape index (κ3) is 1.96. The molecule has 2 saturated carbocycles. The molecule has 3 heteroatoms. The number of fused-ring (bicyclic) bond motifs is 2. The normalized spacial score (nSPS) is 31.0. The lowest BCUT2D eigenvalue weighted by molar-refractivity contribution is 0.304. The molecule has 0 amide bonds. The number of nitriles is 1. The van der Waals surface area contributed by atoms with Crippen LogP contribution in [0.2, 0.25) is 0 Å². The van der Waals surface area contributed by atoms with Gasteiger partial charge in [0, 0.05) is 12.2 Å². The SMILES string of the molecule is C[C@@H](Nc1ncccc1C#N)[C@@H]1C[C@@H]2CC[C@@H]1C2. The molecule has 1 heterocycles. The van der Waals surface area contributed by atoms with Gasteiger partial charge in [0.15, 0.2) is 0 Å². The molecular weight excluding hydrogens is 222 g/mol. The third-order valence-corrected chi connectivity index (χ3v) is 4.73. The first-order chi connectivity index (χ1) is 8.78. The zero-order valence-corrected chi connectivity index (χ0v) is 10.8. The molecule has 94 valence electrons. The highest BCUT2D eigenvalue weighted by atomic mass is 15.0. The van der Waals surface area contributed by atoms with E-state index in [2.05, 4.69) is 23.3 Å². The summed E-state index contributed by atoms with van der Waals surface area (Å²) in [5, 5.41) is 12.5. The highest BCUT2D eigenvalue weighted by Crippen LogP contribution is 2.49. The van der Waals surface area contributed by atoms with Gasteiger partial charge in [-0.25, -0.2) is 4.98 Å². The van der Waals surface area contributed by atoms with E-state index in [1.54, 1.807) is 6.20 Å². The summed E-state index contributed by atoms with van der Waals surface area (Å²) in [5.41, 5.74) is 0.646. The van der Waals surface area contributed by atoms with Crippen LogP contribution in [0.5, 0.6) is 0 Å². The largest absolute Gasteiger partial charge is 0.366 e. The summed E-state index contributed by atoms with van der Waals surface area (Å²) in [4.78, 5) is 4.29. The molecule has 0 unspecified atom stereocenters. The Morgan fingerprint density at radius 2 is 2.33 bits per heavy atom. The van der Waals surface area contributed by atoms with E-state index in [0.717, 1.165) is 23.6 Å². The quantitative estimate of drug-likeness (QED) is 0.884. The molecule has 18 heavy (non-hydrogen) atoms. The monoisotopic (exact) mass is 241 g/mol. The van der Waals surface area contributed by atoms with Crippen LogP contribution >= 0.6 is 0 Å². The number of pyridine rings is 1. The molecule has 1 aromatic rings. The number of anilines is 1. The average molecular weight is 241 g/mol. The average Bonchev–Trinajstić information content (AvgIpc) is 3.01. The topological polar surface area (TPSA) is 48.7 Å². The van der Waals surface area contributed by atoms with Crippen LogP contribution < -0.4 is 5.32 Å². The van der Waals surface area contributed by atoms with Crippen LogP contribution in [-0.2, 0) is 0 Å². The van der Waals surface area contributed by atoms with Gasteiger partial charge in [0.25, 0.3) is 0 Å². The van der Waals surface area contributed by atoms with Crippen LogP contribution in [0.4, 0.5) is 5.82 Å². The highest BCUT2D eigenvalue weighted by Gasteiger charge is 2.41. The molecule has 0 aliphatic heterocycles. The fourth-order valence-electron chi connectivity index (χ4n) is 3.84. The van der Waals surface area contributed by atoms with Crippen molar-refractivity contribution in [3.8, 4) is 6.07 Å². The fourth-order valence-corrected chi connectivity index (χ4v) is 3.84. The molecular formula is C15H19N3. The lowest BCUT2D eigenvalue weighted by atomic mass is 9.84. The molecule has 2 aliphatic carbocycles. The standard InChI is InChI=1S/C15H19N3/c1-10(14-8-11-4-5-12(14)7-11)18-15-13(9-16)3-2-6-17-15/h2-3,6,10-12,14H,4-5,7-8H2,1H3,(H,17,18)/t10-,11-,12-,14+/m1/s1. The van der Waals surface area contributed by atoms with Crippen molar-refractivity contribution in [2.24, 2.45) is 17.8 Å². The van der Waals surface area contributed by atoms with Gasteiger partial charge in [-0.15, -0.1) is 0 Å². The molecule has 2 aliphatic rings. The summed E-state index contributed by atoms with van der Waals surface area (Å²) in [5.74, 6) is 3.36. The Labute approximate surface area is 108 Å². The van der Waals surface area contributed by atoms with E-state index in [1.165, 1.54) is 25.7 Å². The second-order valence-electron chi connectivity index (χ2n) is 5.78. The minimum Gasteiger partial charge on any atom is -0.366 e. The van der Waals surface area contributed by atoms with Crippen LogP contribution in [0.3, 0.4) is 0 Å². The molecule has 0 spiro atoms. The Morgan fingerprint density at radius 3 is 3.00 bits per heavy atom. The number of nitrogens with one attached hydrogen (secondary N) is 1. The Kier molecular flexibility index (Phi) is 2.95. The van der Waals surface area contributed by atoms with Crippen molar-refractivity contribution in [3.63, 3.8) is 0 Å².